The zero-order chi connectivity index (χ0) is 13.7. The van der Waals surface area contributed by atoms with Gasteiger partial charge in [-0.3, -0.25) is 4.79 Å². The number of carbonyl (C=O) groups excluding carboxylic acids is 1. The fourth-order valence-corrected chi connectivity index (χ4v) is 5.52. The van der Waals surface area contributed by atoms with Gasteiger partial charge in [-0.15, -0.1) is 0 Å². The molecule has 0 atom stereocenters. The Labute approximate surface area is 116 Å². The van der Waals surface area contributed by atoms with E-state index in [2.05, 4.69) is 6.07 Å². The standard InChI is InChI=1S/C17H25NO/c1-16(2,11-18)9-15(19)10-17-6-12-3-13(7-17)5-14(4-12)8-17/h12-14H,3-10H2,1-2H3. The molecule has 0 unspecified atom stereocenters. The van der Waals surface area contributed by atoms with Crippen LogP contribution >= 0.6 is 0 Å². The van der Waals surface area contributed by atoms with Gasteiger partial charge in [0, 0.05) is 12.8 Å². The topological polar surface area (TPSA) is 40.9 Å². The molecule has 4 rings (SSSR count). The molecule has 0 aromatic carbocycles. The average molecular weight is 259 g/mol. The maximum absolute atomic E-state index is 12.4. The molecule has 4 fully saturated rings. The van der Waals surface area contributed by atoms with Gasteiger partial charge in [-0.25, -0.2) is 0 Å². The van der Waals surface area contributed by atoms with Gasteiger partial charge in [0.1, 0.15) is 5.78 Å². The fraction of sp³-hybridized carbons (Fsp3) is 0.882. The van der Waals surface area contributed by atoms with Crippen LogP contribution in [0.1, 0.15) is 65.2 Å². The summed E-state index contributed by atoms with van der Waals surface area (Å²) in [5.74, 6) is 3.04. The Balaban J connectivity index is 1.67. The second-order valence-electron chi connectivity index (χ2n) is 8.31. The van der Waals surface area contributed by atoms with Crippen LogP contribution in [0.2, 0.25) is 0 Å². The average Bonchev–Trinajstić information content (AvgIpc) is 2.25. The van der Waals surface area contributed by atoms with Crippen LogP contribution in [0.25, 0.3) is 0 Å². The van der Waals surface area contributed by atoms with Crippen LogP contribution in [0.3, 0.4) is 0 Å². The second-order valence-corrected chi connectivity index (χ2v) is 8.31. The van der Waals surface area contributed by atoms with Gasteiger partial charge in [-0.2, -0.15) is 5.26 Å². The third-order valence-corrected chi connectivity index (χ3v) is 5.68. The Morgan fingerprint density at radius 1 is 1.16 bits per heavy atom. The van der Waals surface area contributed by atoms with Gasteiger partial charge in [0.05, 0.1) is 11.5 Å². The molecule has 0 N–H and O–H groups in total. The molecule has 104 valence electrons. The quantitative estimate of drug-likeness (QED) is 0.762. The first kappa shape index (κ1) is 13.2. The van der Waals surface area contributed by atoms with E-state index in [1.807, 2.05) is 13.8 Å². The molecule has 0 aliphatic heterocycles. The second kappa shape index (κ2) is 4.33. The summed E-state index contributed by atoms with van der Waals surface area (Å²) in [4.78, 5) is 12.4. The third kappa shape index (κ3) is 2.57. The molecule has 0 amide bonds. The molecule has 0 heterocycles. The van der Waals surface area contributed by atoms with Crippen molar-refractivity contribution in [1.82, 2.24) is 0 Å². The first-order valence-electron chi connectivity index (χ1n) is 7.83. The molecule has 4 saturated carbocycles. The molecule has 0 radical (unpaired) electrons. The van der Waals surface area contributed by atoms with Crippen molar-refractivity contribution in [2.75, 3.05) is 0 Å². The Bertz CT molecular complexity index is 394. The van der Waals surface area contributed by atoms with E-state index in [0.29, 0.717) is 17.6 Å². The van der Waals surface area contributed by atoms with Crippen LogP contribution in [0.15, 0.2) is 0 Å². The highest BCUT2D eigenvalue weighted by atomic mass is 16.1. The highest BCUT2D eigenvalue weighted by Crippen LogP contribution is 2.61. The monoisotopic (exact) mass is 259 g/mol. The summed E-state index contributed by atoms with van der Waals surface area (Å²) in [5.41, 5.74) is -0.156. The number of rotatable bonds is 4. The van der Waals surface area contributed by atoms with Crippen LogP contribution < -0.4 is 0 Å². The first-order valence-corrected chi connectivity index (χ1v) is 7.83. The summed E-state index contributed by atoms with van der Waals surface area (Å²) in [6.45, 7) is 3.76. The lowest BCUT2D eigenvalue weighted by molar-refractivity contribution is -0.128. The van der Waals surface area contributed by atoms with Gasteiger partial charge >= 0.3 is 0 Å². The summed E-state index contributed by atoms with van der Waals surface area (Å²) in [7, 11) is 0. The van der Waals surface area contributed by atoms with Crippen LogP contribution in [-0.2, 0) is 4.79 Å². The van der Waals surface area contributed by atoms with E-state index in [1.54, 1.807) is 0 Å². The largest absolute Gasteiger partial charge is 0.300 e. The predicted octanol–water partition coefficient (Wildman–Crippen LogP) is 4.10. The molecule has 19 heavy (non-hydrogen) atoms. The summed E-state index contributed by atoms with van der Waals surface area (Å²) in [5, 5.41) is 9.07. The minimum Gasteiger partial charge on any atom is -0.300 e. The summed E-state index contributed by atoms with van der Waals surface area (Å²) in [6, 6.07) is 2.26. The van der Waals surface area contributed by atoms with E-state index < -0.39 is 5.41 Å². The number of hydrogen-bond donors (Lipinski definition) is 0. The summed E-state index contributed by atoms with van der Waals surface area (Å²) >= 11 is 0. The van der Waals surface area contributed by atoms with Crippen LogP contribution in [0, 0.1) is 39.9 Å². The Morgan fingerprint density at radius 2 is 1.63 bits per heavy atom. The van der Waals surface area contributed by atoms with Crippen molar-refractivity contribution >= 4 is 5.78 Å². The molecule has 0 aromatic rings. The smallest absolute Gasteiger partial charge is 0.135 e. The number of carbonyl (C=O) groups is 1. The predicted molar refractivity (Wildman–Crippen MR) is 74.2 cm³/mol. The number of ketones is 1. The van der Waals surface area contributed by atoms with E-state index in [0.717, 1.165) is 24.2 Å². The van der Waals surface area contributed by atoms with Gasteiger partial charge in [-0.1, -0.05) is 0 Å². The van der Waals surface area contributed by atoms with Gasteiger partial charge in [0.15, 0.2) is 0 Å². The van der Waals surface area contributed by atoms with E-state index >= 15 is 0 Å². The molecule has 4 aliphatic rings. The van der Waals surface area contributed by atoms with E-state index in [-0.39, 0.29) is 0 Å². The molecule has 4 aliphatic carbocycles. The molecule has 0 saturated heterocycles. The lowest BCUT2D eigenvalue weighted by Crippen LogP contribution is -2.47. The van der Waals surface area contributed by atoms with Crippen molar-refractivity contribution in [3.63, 3.8) is 0 Å². The fourth-order valence-electron chi connectivity index (χ4n) is 5.52. The van der Waals surface area contributed by atoms with Crippen molar-refractivity contribution < 1.29 is 4.79 Å². The van der Waals surface area contributed by atoms with E-state index in [4.69, 9.17) is 5.26 Å². The Morgan fingerprint density at radius 3 is 2.05 bits per heavy atom. The molecule has 2 heteroatoms. The van der Waals surface area contributed by atoms with Crippen molar-refractivity contribution in [1.29, 1.82) is 5.26 Å². The number of nitriles is 1. The minimum absolute atomic E-state index is 0.327. The minimum atomic E-state index is -0.487. The van der Waals surface area contributed by atoms with Crippen molar-refractivity contribution in [3.05, 3.63) is 0 Å². The van der Waals surface area contributed by atoms with Gasteiger partial charge in [0.2, 0.25) is 0 Å². The molecule has 0 spiro atoms. The zero-order valence-electron chi connectivity index (χ0n) is 12.2. The van der Waals surface area contributed by atoms with Gasteiger partial charge in [-0.05, 0) is 75.5 Å². The van der Waals surface area contributed by atoms with E-state index in [9.17, 15) is 4.79 Å². The van der Waals surface area contributed by atoms with Crippen LogP contribution in [-0.4, -0.2) is 5.78 Å². The third-order valence-electron chi connectivity index (χ3n) is 5.68. The Hall–Kier alpha value is -0.840. The van der Waals surface area contributed by atoms with Crippen molar-refractivity contribution in [3.8, 4) is 6.07 Å². The van der Waals surface area contributed by atoms with Crippen LogP contribution in [0.5, 0.6) is 0 Å². The first-order chi connectivity index (χ1) is 8.90. The number of nitrogens with zero attached hydrogens (tertiary/aromatic N) is 1. The zero-order valence-corrected chi connectivity index (χ0v) is 12.2. The molecule has 4 bridgehead atoms. The highest BCUT2D eigenvalue weighted by Gasteiger charge is 2.51. The van der Waals surface area contributed by atoms with Gasteiger partial charge in [0.25, 0.3) is 0 Å². The highest BCUT2D eigenvalue weighted by molar-refractivity contribution is 5.80. The maximum atomic E-state index is 12.4. The molecule has 0 aromatic heterocycles. The maximum Gasteiger partial charge on any atom is 0.135 e. The SMILES string of the molecule is CC(C)(C#N)CC(=O)CC12CC3CC(CC(C3)C1)C2. The Kier molecular flexibility index (Phi) is 3.00. The van der Waals surface area contributed by atoms with Gasteiger partial charge < -0.3 is 0 Å². The number of hydrogen-bond acceptors (Lipinski definition) is 2. The molecule has 2 nitrogen and oxygen atoms in total. The lowest BCUT2D eigenvalue weighted by atomic mass is 9.48. The van der Waals surface area contributed by atoms with E-state index in [1.165, 1.54) is 38.5 Å². The van der Waals surface area contributed by atoms with Crippen LogP contribution in [0.4, 0.5) is 0 Å². The summed E-state index contributed by atoms with van der Waals surface area (Å²) < 4.78 is 0. The normalized spacial score (nSPS) is 40.2. The number of Topliss-reactive ketones (excluding diaryl/α,β-unsaturated/α-hetero) is 1. The van der Waals surface area contributed by atoms with Crippen molar-refractivity contribution in [2.24, 2.45) is 28.6 Å². The summed E-state index contributed by atoms with van der Waals surface area (Å²) in [6.07, 6.45) is 9.34. The van der Waals surface area contributed by atoms with Crippen molar-refractivity contribution in [2.45, 2.75) is 65.2 Å². The lowest BCUT2D eigenvalue weighted by Gasteiger charge is -2.56. The molecular weight excluding hydrogens is 234 g/mol. The molecular formula is C17H25NO.